The van der Waals surface area contributed by atoms with Crippen LogP contribution in [0.3, 0.4) is 0 Å². The van der Waals surface area contributed by atoms with Gasteiger partial charge in [-0.15, -0.1) is 5.92 Å². The number of allylic oxidation sites excluding steroid dienone is 3. The quantitative estimate of drug-likeness (QED) is 0.102. The van der Waals surface area contributed by atoms with Crippen LogP contribution in [-0.4, -0.2) is 78.4 Å². The highest BCUT2D eigenvalue weighted by Crippen LogP contribution is 2.72. The molecule has 0 unspecified atom stereocenters. The Morgan fingerprint density at radius 2 is 1.67 bits per heavy atom. The van der Waals surface area contributed by atoms with E-state index >= 15 is 0 Å². The van der Waals surface area contributed by atoms with E-state index in [-0.39, 0.29) is 59.6 Å². The lowest BCUT2D eigenvalue weighted by Crippen LogP contribution is -2.65. The van der Waals surface area contributed by atoms with Gasteiger partial charge >= 0.3 is 5.97 Å². The number of fused-ring (bicyclic) bond motifs is 10. The van der Waals surface area contributed by atoms with E-state index in [1.54, 1.807) is 11.6 Å². The number of aromatic amines is 1. The summed E-state index contributed by atoms with van der Waals surface area (Å²) < 4.78 is 5.90. The van der Waals surface area contributed by atoms with Crippen molar-refractivity contribution >= 4 is 11.8 Å². The molecule has 0 amide bonds. The third kappa shape index (κ3) is 6.86. The summed E-state index contributed by atoms with van der Waals surface area (Å²) in [5, 5.41) is 61.9. The Balaban J connectivity index is 1.07. The molecule has 9 nitrogen and oxygen atoms in total. The molecule has 6 fully saturated rings. The minimum atomic E-state index is -1.57. The van der Waals surface area contributed by atoms with Gasteiger partial charge in [0.2, 0.25) is 0 Å². The number of aliphatic hydroxyl groups is 5. The minimum Gasteiger partial charge on any atom is -0.465 e. The maximum atomic E-state index is 14.6. The Morgan fingerprint density at radius 1 is 0.873 bits per heavy atom. The van der Waals surface area contributed by atoms with E-state index in [0.29, 0.717) is 62.9 Å². The summed E-state index contributed by atoms with van der Waals surface area (Å²) in [5.41, 5.74) is -1.19. The van der Waals surface area contributed by atoms with Gasteiger partial charge in [-0.1, -0.05) is 57.6 Å². The van der Waals surface area contributed by atoms with Crippen molar-refractivity contribution in [2.24, 2.45) is 81.8 Å². The summed E-state index contributed by atoms with van der Waals surface area (Å²) in [6, 6.07) is 1.98. The van der Waals surface area contributed by atoms with Crippen LogP contribution in [0.2, 0.25) is 0 Å². The maximum absolute atomic E-state index is 14.6. The number of hydrogen-bond acceptors (Lipinski definition) is 8. The van der Waals surface area contributed by atoms with Crippen molar-refractivity contribution in [3.8, 4) is 11.8 Å². The Bertz CT molecular complexity index is 2040. The lowest BCUT2D eigenvalue weighted by molar-refractivity contribution is -0.191. The van der Waals surface area contributed by atoms with Gasteiger partial charge in [-0.05, 0) is 166 Å². The van der Waals surface area contributed by atoms with Gasteiger partial charge in [-0.2, -0.15) is 0 Å². The zero-order valence-corrected chi connectivity index (χ0v) is 38.3. The number of hydrogen-bond donors (Lipinski definition) is 6. The van der Waals surface area contributed by atoms with Crippen LogP contribution in [0.15, 0.2) is 41.8 Å². The molecule has 0 spiro atoms. The van der Waals surface area contributed by atoms with Crippen molar-refractivity contribution in [1.29, 1.82) is 0 Å². The van der Waals surface area contributed by atoms with Crippen molar-refractivity contribution in [1.82, 2.24) is 4.98 Å². The van der Waals surface area contributed by atoms with Crippen LogP contribution < -0.4 is 0 Å². The average Bonchev–Trinajstić information content (AvgIpc) is 3.98. The van der Waals surface area contributed by atoms with Gasteiger partial charge in [0.25, 0.3) is 0 Å². The van der Waals surface area contributed by atoms with E-state index in [1.807, 2.05) is 25.4 Å². The van der Waals surface area contributed by atoms with Crippen LogP contribution in [0.5, 0.6) is 0 Å². The number of cyclic esters (lactones) is 1. The molecule has 1 aromatic heterocycles. The number of carbonyl (C=O) groups excluding carboxylic acids is 2. The molecule has 63 heavy (non-hydrogen) atoms. The number of ether oxygens (including phenoxy) is 1. The molecule has 0 radical (unpaired) electrons. The molecule has 10 rings (SSSR count). The number of carbonyl (C=O) groups is 2. The summed E-state index contributed by atoms with van der Waals surface area (Å²) in [7, 11) is 0. The third-order valence-corrected chi connectivity index (χ3v) is 20.4. The van der Waals surface area contributed by atoms with E-state index in [2.05, 4.69) is 43.7 Å². The molecule has 0 aromatic carbocycles. The average molecular weight is 866 g/mol. The van der Waals surface area contributed by atoms with E-state index in [9.17, 15) is 35.1 Å². The van der Waals surface area contributed by atoms with Gasteiger partial charge in [-0.25, -0.2) is 0 Å². The number of H-pyrrole nitrogens is 1. The van der Waals surface area contributed by atoms with Gasteiger partial charge in [0.05, 0.1) is 42.0 Å². The Hall–Kier alpha value is -2.74. The van der Waals surface area contributed by atoms with Crippen molar-refractivity contribution in [2.75, 3.05) is 6.61 Å². The topological polar surface area (TPSA) is 160 Å². The van der Waals surface area contributed by atoms with E-state index in [0.717, 1.165) is 68.9 Å². The van der Waals surface area contributed by atoms with Gasteiger partial charge in [-0.3, -0.25) is 9.59 Å². The molecule has 5 saturated carbocycles. The number of rotatable bonds is 3. The predicted molar refractivity (Wildman–Crippen MR) is 239 cm³/mol. The van der Waals surface area contributed by atoms with Crippen LogP contribution in [0.4, 0.5) is 0 Å². The fraction of sp³-hybridized carbons (Fsp3) is 0.778. The molecule has 8 aliphatic carbocycles. The Kier molecular flexibility index (Phi) is 11.4. The fourth-order valence-electron chi connectivity index (χ4n) is 17.4. The Labute approximate surface area is 375 Å². The fourth-order valence-corrected chi connectivity index (χ4v) is 17.4. The van der Waals surface area contributed by atoms with Crippen molar-refractivity contribution < 1.29 is 39.9 Å². The molecular formula is C54H75NO8. The summed E-state index contributed by atoms with van der Waals surface area (Å²) in [5.74, 6) is 7.19. The highest BCUT2D eigenvalue weighted by Gasteiger charge is 2.73. The zero-order chi connectivity index (χ0) is 44.2. The second-order valence-electron chi connectivity index (χ2n) is 23.5. The molecule has 1 aromatic rings. The minimum absolute atomic E-state index is 0.0437. The largest absolute Gasteiger partial charge is 0.465 e. The first-order chi connectivity index (χ1) is 30.1. The van der Waals surface area contributed by atoms with E-state index in [1.165, 1.54) is 6.42 Å². The normalized spacial score (nSPS) is 50.2. The van der Waals surface area contributed by atoms with Crippen molar-refractivity contribution in [2.45, 2.75) is 172 Å². The standard InChI is InChI=1S/C54H75NO8/c1-30-13-14-32-15-16-37-31(2)22-47(59)52(4,61)49-34(10-8-9-33(23-39(37)38(32)21-30)40-29-63-50(60)48(40)35-18-20-55-28-35)26-54(62)42-24-44(56)43-25-45(57)46(58)27-53(43,36-11-6-5-7-12-36)41(42)17-19-51(49,54)3/h15,18,20,24,28,30-31,33-34,36-41,43,45-49,55,57-59,61-62H,5-7,10-14,16-17,19,21-23,25-27,29H2,1-4H3/t30-,31-,33+,34+,37+,38-,39-,40+,41+,43+,45-,46+,47-,48+,49+,51-,52+,53+,54-/m1/s1. The van der Waals surface area contributed by atoms with Crippen molar-refractivity contribution in [3.05, 3.63) is 47.3 Å². The van der Waals surface area contributed by atoms with Gasteiger partial charge in [0.1, 0.15) is 0 Å². The van der Waals surface area contributed by atoms with Crippen LogP contribution in [0.25, 0.3) is 0 Å². The molecule has 1 aliphatic heterocycles. The van der Waals surface area contributed by atoms with E-state index in [4.69, 9.17) is 4.74 Å². The van der Waals surface area contributed by atoms with Crippen LogP contribution in [0.1, 0.15) is 148 Å². The molecule has 9 aliphatic rings. The van der Waals surface area contributed by atoms with Crippen LogP contribution in [0, 0.1) is 93.7 Å². The number of aromatic nitrogens is 1. The SMILES string of the molecule is C[C@@H]1CCC2=CC[C@@H]3[C@@H](C[C@@H]([C@@H]4COC(=O)[C@H]4c4cc[nH]c4)C#CC[C@H]4C[C@@]5(O)C6=CC(=O)[C@@H]7C[C@@H](O)[C@@H](O)C[C@]7(C7CCCCC7)[C@H]6CC[C@]5(C)[C@H]4[C@@](C)(O)[C@H](O)C[C@H]3C)[C@@H]2C1. The summed E-state index contributed by atoms with van der Waals surface area (Å²) in [6.07, 6.45) is 18.6. The first-order valence-corrected chi connectivity index (χ1v) is 25.3. The molecular weight excluding hydrogens is 791 g/mol. The molecule has 19 atom stereocenters. The summed E-state index contributed by atoms with van der Waals surface area (Å²) in [4.78, 5) is 31.4. The van der Waals surface area contributed by atoms with Gasteiger partial charge in [0.15, 0.2) is 5.78 Å². The number of esters is 1. The Morgan fingerprint density at radius 3 is 2.43 bits per heavy atom. The molecule has 9 heteroatoms. The van der Waals surface area contributed by atoms with Crippen LogP contribution in [-0.2, 0) is 14.3 Å². The number of ketones is 1. The maximum Gasteiger partial charge on any atom is 0.313 e. The monoisotopic (exact) mass is 866 g/mol. The van der Waals surface area contributed by atoms with Crippen molar-refractivity contribution in [3.63, 3.8) is 0 Å². The lowest BCUT2D eigenvalue weighted by atomic mass is 9.41. The molecule has 2 heterocycles. The second-order valence-corrected chi connectivity index (χ2v) is 23.5. The molecule has 0 bridgehead atoms. The van der Waals surface area contributed by atoms with Gasteiger partial charge in [0, 0.05) is 47.9 Å². The van der Waals surface area contributed by atoms with Gasteiger partial charge < -0.3 is 35.3 Å². The zero-order valence-electron chi connectivity index (χ0n) is 38.3. The highest BCUT2D eigenvalue weighted by molar-refractivity contribution is 5.95. The first kappa shape index (κ1) is 44.1. The highest BCUT2D eigenvalue weighted by atomic mass is 16.5. The molecule has 6 N–H and O–H groups in total. The third-order valence-electron chi connectivity index (χ3n) is 20.4. The summed E-state index contributed by atoms with van der Waals surface area (Å²) in [6.45, 7) is 8.87. The number of nitrogens with one attached hydrogen (secondary N) is 1. The first-order valence-electron chi connectivity index (χ1n) is 25.3. The summed E-state index contributed by atoms with van der Waals surface area (Å²) >= 11 is 0. The molecule has 1 saturated heterocycles. The van der Waals surface area contributed by atoms with Crippen LogP contribution >= 0.6 is 0 Å². The lowest BCUT2D eigenvalue weighted by Gasteiger charge is -2.64. The molecule has 344 valence electrons. The predicted octanol–water partition coefficient (Wildman–Crippen LogP) is 7.81. The second kappa shape index (κ2) is 16.2. The smallest absolute Gasteiger partial charge is 0.313 e. The van der Waals surface area contributed by atoms with E-state index < -0.39 is 58.1 Å². The number of aliphatic hydroxyl groups excluding tert-OH is 3.